The molecular formula is C12H19FN2O2S. The molecule has 2 N–H and O–H groups in total. The van der Waals surface area contributed by atoms with Gasteiger partial charge in [-0.2, -0.15) is 4.31 Å². The molecule has 0 amide bonds. The van der Waals surface area contributed by atoms with E-state index in [1.54, 1.807) is 0 Å². The predicted molar refractivity (Wildman–Crippen MR) is 70.1 cm³/mol. The molecule has 0 spiro atoms. The monoisotopic (exact) mass is 274 g/mol. The Morgan fingerprint density at radius 1 is 1.39 bits per heavy atom. The summed E-state index contributed by atoms with van der Waals surface area (Å²) in [6.45, 7) is 5.55. The van der Waals surface area contributed by atoms with Gasteiger partial charge < -0.3 is 5.73 Å². The molecule has 1 aromatic rings. The first-order valence-electron chi connectivity index (χ1n) is 5.67. The molecule has 0 aromatic heterocycles. The molecule has 0 fully saturated rings. The van der Waals surface area contributed by atoms with Gasteiger partial charge >= 0.3 is 0 Å². The molecule has 0 aliphatic heterocycles. The summed E-state index contributed by atoms with van der Waals surface area (Å²) in [4.78, 5) is -0.0621. The van der Waals surface area contributed by atoms with E-state index in [9.17, 15) is 12.8 Å². The van der Waals surface area contributed by atoms with Gasteiger partial charge in [0.15, 0.2) is 0 Å². The molecule has 1 rings (SSSR count). The summed E-state index contributed by atoms with van der Waals surface area (Å²) in [5, 5.41) is 0. The van der Waals surface area contributed by atoms with E-state index in [1.165, 1.54) is 17.4 Å². The van der Waals surface area contributed by atoms with Crippen molar-refractivity contribution >= 4 is 15.7 Å². The summed E-state index contributed by atoms with van der Waals surface area (Å²) in [6, 6.07) is 3.30. The van der Waals surface area contributed by atoms with E-state index in [4.69, 9.17) is 5.73 Å². The van der Waals surface area contributed by atoms with E-state index in [1.807, 2.05) is 20.8 Å². The van der Waals surface area contributed by atoms with Crippen LogP contribution in [-0.4, -0.2) is 25.3 Å². The number of sulfonamides is 1. The Morgan fingerprint density at radius 3 is 2.39 bits per heavy atom. The highest BCUT2D eigenvalue weighted by Crippen LogP contribution is 2.28. The Bertz CT molecular complexity index is 541. The maximum absolute atomic E-state index is 12.9. The summed E-state index contributed by atoms with van der Waals surface area (Å²) in [5.41, 5.74) is 4.98. The molecule has 0 saturated heterocycles. The highest BCUT2D eigenvalue weighted by atomic mass is 32.2. The van der Waals surface area contributed by atoms with Crippen LogP contribution in [0.2, 0.25) is 0 Å². The number of rotatable bonds is 4. The zero-order chi connectivity index (χ0) is 14.1. The molecule has 0 aliphatic rings. The van der Waals surface area contributed by atoms with Gasteiger partial charge in [0.1, 0.15) is 10.7 Å². The third-order valence-electron chi connectivity index (χ3n) is 3.33. The zero-order valence-electron chi connectivity index (χ0n) is 11.1. The Morgan fingerprint density at radius 2 is 1.94 bits per heavy atom. The molecule has 0 bridgehead atoms. The molecule has 0 saturated carbocycles. The van der Waals surface area contributed by atoms with Crippen molar-refractivity contribution in [3.63, 3.8) is 0 Å². The van der Waals surface area contributed by atoms with E-state index >= 15 is 0 Å². The second kappa shape index (κ2) is 4.85. The van der Waals surface area contributed by atoms with Gasteiger partial charge in [0.25, 0.3) is 0 Å². The largest absolute Gasteiger partial charge is 0.398 e. The van der Waals surface area contributed by atoms with Gasteiger partial charge in [-0.05, 0) is 38.5 Å². The van der Waals surface area contributed by atoms with Crippen LogP contribution in [0.15, 0.2) is 23.1 Å². The summed E-state index contributed by atoms with van der Waals surface area (Å²) in [5.74, 6) is -0.552. The number of benzene rings is 1. The highest BCUT2D eigenvalue weighted by Gasteiger charge is 2.33. The van der Waals surface area contributed by atoms with Crippen molar-refractivity contribution in [2.45, 2.75) is 37.6 Å². The van der Waals surface area contributed by atoms with Crippen LogP contribution in [0, 0.1) is 5.82 Å². The molecule has 0 atom stereocenters. The Labute approximate surface area is 108 Å². The van der Waals surface area contributed by atoms with E-state index in [2.05, 4.69) is 0 Å². The van der Waals surface area contributed by atoms with Crippen molar-refractivity contribution in [1.29, 1.82) is 0 Å². The number of nitrogen functional groups attached to an aromatic ring is 1. The van der Waals surface area contributed by atoms with Crippen molar-refractivity contribution in [3.05, 3.63) is 24.0 Å². The number of hydrogen-bond acceptors (Lipinski definition) is 3. The van der Waals surface area contributed by atoms with Crippen molar-refractivity contribution in [2.24, 2.45) is 0 Å². The number of hydrogen-bond donors (Lipinski definition) is 1. The topological polar surface area (TPSA) is 63.4 Å². The molecular weight excluding hydrogens is 255 g/mol. The maximum atomic E-state index is 12.9. The van der Waals surface area contributed by atoms with Crippen LogP contribution < -0.4 is 5.73 Å². The average Bonchev–Trinajstić information content (AvgIpc) is 2.27. The van der Waals surface area contributed by atoms with E-state index in [0.717, 1.165) is 12.1 Å². The van der Waals surface area contributed by atoms with Gasteiger partial charge in [0.05, 0.1) is 5.69 Å². The van der Waals surface area contributed by atoms with Crippen LogP contribution in [0.4, 0.5) is 10.1 Å². The second-order valence-corrected chi connectivity index (χ2v) is 6.76. The second-order valence-electron chi connectivity index (χ2n) is 4.82. The summed E-state index contributed by atoms with van der Waals surface area (Å²) in [6.07, 6.45) is 0.657. The van der Waals surface area contributed by atoms with Crippen LogP contribution >= 0.6 is 0 Å². The van der Waals surface area contributed by atoms with Crippen LogP contribution in [0.5, 0.6) is 0 Å². The Kier molecular flexibility index (Phi) is 4.02. The van der Waals surface area contributed by atoms with Gasteiger partial charge in [-0.3, -0.25) is 0 Å². The molecule has 0 unspecified atom stereocenters. The number of anilines is 1. The number of nitrogens with two attached hydrogens (primary N) is 1. The molecule has 6 heteroatoms. The number of nitrogens with zero attached hydrogens (tertiary/aromatic N) is 1. The minimum atomic E-state index is -3.71. The lowest BCUT2D eigenvalue weighted by atomic mass is 10.0. The van der Waals surface area contributed by atoms with Gasteiger partial charge in [0.2, 0.25) is 10.0 Å². The highest BCUT2D eigenvalue weighted by molar-refractivity contribution is 7.89. The van der Waals surface area contributed by atoms with E-state index in [-0.39, 0.29) is 10.6 Å². The van der Waals surface area contributed by atoms with E-state index < -0.39 is 21.4 Å². The van der Waals surface area contributed by atoms with E-state index in [0.29, 0.717) is 6.42 Å². The lowest BCUT2D eigenvalue weighted by Crippen LogP contribution is -2.44. The fourth-order valence-electron chi connectivity index (χ4n) is 1.45. The number of halogens is 1. The van der Waals surface area contributed by atoms with Crippen LogP contribution in [0.1, 0.15) is 27.2 Å². The summed E-state index contributed by atoms with van der Waals surface area (Å²) >= 11 is 0. The van der Waals surface area contributed by atoms with Crippen molar-refractivity contribution in [2.75, 3.05) is 12.8 Å². The molecule has 0 radical (unpaired) electrons. The normalized spacial score (nSPS) is 13.0. The fourth-order valence-corrected chi connectivity index (χ4v) is 3.12. The van der Waals surface area contributed by atoms with Crippen molar-refractivity contribution < 1.29 is 12.8 Å². The van der Waals surface area contributed by atoms with Gasteiger partial charge in [-0.1, -0.05) is 6.92 Å². The molecule has 0 heterocycles. The van der Waals surface area contributed by atoms with Crippen molar-refractivity contribution in [3.8, 4) is 0 Å². The average molecular weight is 274 g/mol. The summed E-state index contributed by atoms with van der Waals surface area (Å²) < 4.78 is 39.0. The molecule has 4 nitrogen and oxygen atoms in total. The van der Waals surface area contributed by atoms with Crippen LogP contribution in [0.25, 0.3) is 0 Å². The maximum Gasteiger partial charge on any atom is 0.245 e. The Hall–Kier alpha value is -1.14. The summed E-state index contributed by atoms with van der Waals surface area (Å²) in [7, 11) is -2.21. The first-order valence-corrected chi connectivity index (χ1v) is 7.11. The van der Waals surface area contributed by atoms with Crippen LogP contribution in [-0.2, 0) is 10.0 Å². The molecule has 0 aliphatic carbocycles. The third kappa shape index (κ3) is 2.64. The lowest BCUT2D eigenvalue weighted by molar-refractivity contribution is 0.257. The van der Waals surface area contributed by atoms with Crippen LogP contribution in [0.3, 0.4) is 0 Å². The zero-order valence-corrected chi connectivity index (χ0v) is 11.9. The van der Waals surface area contributed by atoms with Gasteiger partial charge in [-0.25, -0.2) is 12.8 Å². The predicted octanol–water partition coefficient (Wildman–Crippen LogP) is 2.22. The molecule has 18 heavy (non-hydrogen) atoms. The SMILES string of the molecule is CCC(C)(C)N(C)S(=O)(=O)c1ccc(F)cc1N. The quantitative estimate of drug-likeness (QED) is 0.856. The standard InChI is InChI=1S/C12H19FN2O2S/c1-5-12(2,3)15(4)18(16,17)11-7-6-9(13)8-10(11)14/h6-8H,5,14H2,1-4H3. The lowest BCUT2D eigenvalue weighted by Gasteiger charge is -2.33. The van der Waals surface area contributed by atoms with Crippen molar-refractivity contribution in [1.82, 2.24) is 4.31 Å². The first kappa shape index (κ1) is 14.9. The minimum absolute atomic E-state index is 0.0621. The fraction of sp³-hybridized carbons (Fsp3) is 0.500. The first-order chi connectivity index (χ1) is 8.13. The molecule has 1 aromatic carbocycles. The minimum Gasteiger partial charge on any atom is -0.398 e. The van der Waals surface area contributed by atoms with Gasteiger partial charge in [0, 0.05) is 12.6 Å². The van der Waals surface area contributed by atoms with Gasteiger partial charge in [-0.15, -0.1) is 0 Å². The smallest absolute Gasteiger partial charge is 0.245 e. The Balaban J connectivity index is 3.30. The third-order valence-corrected chi connectivity index (χ3v) is 5.47. The molecule has 102 valence electrons.